The number of amides is 2. The number of nitriles is 1. The van der Waals surface area contributed by atoms with E-state index < -0.39 is 11.8 Å². The number of nitrogens with one attached hydrogen (secondary N) is 2. The average Bonchev–Trinajstić information content (AvgIpc) is 2.61. The largest absolute Gasteiger partial charge is 2.00 e. The molecule has 133 valence electrons. The second-order valence-electron chi connectivity index (χ2n) is 4.29. The Morgan fingerprint density at radius 3 is 2.23 bits per heavy atom. The molecule has 0 aliphatic heterocycles. The molecule has 2 rings (SSSR count). The molecule has 2 aromatic carbocycles. The predicted molar refractivity (Wildman–Crippen MR) is 98.4 cm³/mol. The summed E-state index contributed by atoms with van der Waals surface area (Å²) in [7, 11) is 0. The van der Waals surface area contributed by atoms with Gasteiger partial charge in [0.2, 0.25) is 0 Å². The van der Waals surface area contributed by atoms with Gasteiger partial charge in [0.15, 0.2) is 5.11 Å². The fourth-order valence-electron chi connectivity index (χ4n) is 1.61. The first-order valence-corrected chi connectivity index (χ1v) is 7.52. The summed E-state index contributed by atoms with van der Waals surface area (Å²) in [6.45, 7) is 0. The minimum atomic E-state index is -0.700. The number of carbonyl (C=O) groups excluding carboxylic acids is 2. The van der Waals surface area contributed by atoms with E-state index in [1.54, 1.807) is 42.5 Å². The van der Waals surface area contributed by atoms with Crippen molar-refractivity contribution in [1.82, 2.24) is 10.7 Å². The Bertz CT molecular complexity index is 798. The van der Waals surface area contributed by atoms with Crippen LogP contribution in [0.15, 0.2) is 54.6 Å². The zero-order valence-electron chi connectivity index (χ0n) is 13.0. The van der Waals surface area contributed by atoms with Gasteiger partial charge in [0.05, 0.1) is 0 Å². The maximum absolute atomic E-state index is 11.8. The van der Waals surface area contributed by atoms with Crippen molar-refractivity contribution in [2.24, 2.45) is 0 Å². The molecule has 0 fully saturated rings. The van der Waals surface area contributed by atoms with Crippen LogP contribution in [0.4, 0.5) is 0 Å². The summed E-state index contributed by atoms with van der Waals surface area (Å²) in [4.78, 5) is 23.6. The van der Waals surface area contributed by atoms with Gasteiger partial charge in [-0.1, -0.05) is 35.7 Å². The number of aromatic hydroxyl groups is 1. The molecule has 2 aromatic rings. The fraction of sp³-hybridized carbons (Fsp3) is 0. The van der Waals surface area contributed by atoms with Gasteiger partial charge >= 0.3 is 17.1 Å². The predicted octanol–water partition coefficient (Wildman–Crippen LogP) is 2.14. The van der Waals surface area contributed by atoms with Gasteiger partial charge in [0, 0.05) is 11.1 Å². The first-order valence-electron chi connectivity index (χ1n) is 6.70. The smallest absolute Gasteiger partial charge is 0.696 e. The molecular weight excluding hydrogens is 415 g/mol. The summed E-state index contributed by atoms with van der Waals surface area (Å²) in [5.74, 6) is -1.30. The van der Waals surface area contributed by atoms with Crippen LogP contribution in [0.2, 0.25) is 0 Å². The van der Waals surface area contributed by atoms with Crippen LogP contribution in [0.1, 0.15) is 20.7 Å². The van der Waals surface area contributed by atoms with Crippen molar-refractivity contribution in [2.75, 3.05) is 0 Å². The number of rotatable bonds is 2. The molecule has 0 spiro atoms. The SMILES string of the molecule is N#C[S-].O=C(NC(=S)N[N-]C(=O)c1ccccc1O)c1ccccc1.[Mn+2]. The molecular formula is C16H12MnN4O3S2. The van der Waals surface area contributed by atoms with Crippen LogP contribution in [-0.2, 0) is 29.7 Å². The van der Waals surface area contributed by atoms with E-state index in [9.17, 15) is 14.7 Å². The molecule has 3 N–H and O–H groups in total. The number of hydrogen-bond donors (Lipinski definition) is 3. The summed E-state index contributed by atoms with van der Waals surface area (Å²) >= 11 is 8.58. The zero-order chi connectivity index (χ0) is 18.7. The van der Waals surface area contributed by atoms with Gasteiger partial charge in [-0.05, 0) is 36.5 Å². The molecule has 0 saturated carbocycles. The Morgan fingerprint density at radius 1 is 1.12 bits per heavy atom. The molecule has 0 atom stereocenters. The molecule has 0 heterocycles. The third kappa shape index (κ3) is 7.92. The maximum atomic E-state index is 11.8. The minimum absolute atomic E-state index is 0. The van der Waals surface area contributed by atoms with E-state index in [2.05, 4.69) is 28.8 Å². The first kappa shape index (κ1) is 23.3. The molecule has 0 unspecified atom stereocenters. The van der Waals surface area contributed by atoms with E-state index in [1.807, 2.05) is 0 Å². The summed E-state index contributed by atoms with van der Waals surface area (Å²) < 4.78 is 0. The summed E-state index contributed by atoms with van der Waals surface area (Å²) in [6.07, 6.45) is 0. The van der Waals surface area contributed by atoms with Crippen LogP contribution in [0.25, 0.3) is 5.43 Å². The van der Waals surface area contributed by atoms with E-state index >= 15 is 0 Å². The molecule has 2 amide bonds. The summed E-state index contributed by atoms with van der Waals surface area (Å²) in [5.41, 5.74) is 6.23. The quantitative estimate of drug-likeness (QED) is 0.221. The number of carbonyl (C=O) groups is 2. The molecule has 10 heteroatoms. The van der Waals surface area contributed by atoms with Gasteiger partial charge in [-0.25, -0.2) is 5.26 Å². The van der Waals surface area contributed by atoms with Crippen LogP contribution in [-0.4, -0.2) is 22.0 Å². The topological polar surface area (TPSA) is 116 Å². The molecule has 7 nitrogen and oxygen atoms in total. The van der Waals surface area contributed by atoms with E-state index in [0.717, 1.165) is 0 Å². The van der Waals surface area contributed by atoms with Gasteiger partial charge in [-0.2, -0.15) is 0 Å². The van der Waals surface area contributed by atoms with Crippen LogP contribution in [0.3, 0.4) is 0 Å². The second kappa shape index (κ2) is 12.6. The van der Waals surface area contributed by atoms with Crippen LogP contribution in [0.5, 0.6) is 5.75 Å². The Labute approximate surface area is 171 Å². The van der Waals surface area contributed by atoms with Crippen molar-refractivity contribution in [1.29, 1.82) is 5.26 Å². The number of nitrogens with zero attached hydrogens (tertiary/aromatic N) is 2. The number of benzene rings is 2. The Balaban J connectivity index is 0.00000146. The Kier molecular flexibility index (Phi) is 11.3. The third-order valence-electron chi connectivity index (χ3n) is 2.66. The number of hydrogen-bond acceptors (Lipinski definition) is 6. The average molecular weight is 427 g/mol. The van der Waals surface area contributed by atoms with E-state index in [4.69, 9.17) is 17.5 Å². The molecule has 0 aliphatic carbocycles. The molecule has 26 heavy (non-hydrogen) atoms. The van der Waals surface area contributed by atoms with Crippen molar-refractivity contribution in [3.63, 3.8) is 0 Å². The normalized spacial score (nSPS) is 8.42. The van der Waals surface area contributed by atoms with Gasteiger partial charge in [0.1, 0.15) is 11.7 Å². The monoisotopic (exact) mass is 427 g/mol. The Morgan fingerprint density at radius 2 is 1.65 bits per heavy atom. The van der Waals surface area contributed by atoms with Crippen molar-refractivity contribution in [2.45, 2.75) is 0 Å². The minimum Gasteiger partial charge on any atom is -0.696 e. The van der Waals surface area contributed by atoms with Gasteiger partial charge in [-0.3, -0.25) is 10.1 Å². The third-order valence-corrected chi connectivity index (χ3v) is 2.85. The van der Waals surface area contributed by atoms with Gasteiger partial charge in [-0.15, -0.1) is 0 Å². The maximum Gasteiger partial charge on any atom is 2.00 e. The summed E-state index contributed by atoms with van der Waals surface area (Å²) in [5, 5.41) is 20.3. The number of thiocarbonyl (C=S) groups is 1. The zero-order valence-corrected chi connectivity index (χ0v) is 15.9. The van der Waals surface area contributed by atoms with Crippen molar-refractivity contribution >= 4 is 41.8 Å². The van der Waals surface area contributed by atoms with Crippen LogP contribution in [0, 0.1) is 10.7 Å². The van der Waals surface area contributed by atoms with Crippen molar-refractivity contribution in [3.05, 3.63) is 71.1 Å². The molecule has 0 bridgehead atoms. The number of phenols is 1. The summed E-state index contributed by atoms with van der Waals surface area (Å²) in [6, 6.07) is 14.5. The fourth-order valence-corrected chi connectivity index (χ4v) is 1.75. The van der Waals surface area contributed by atoms with Gasteiger partial charge < -0.3 is 33.4 Å². The molecule has 1 radical (unpaired) electrons. The van der Waals surface area contributed by atoms with Gasteiger partial charge in [0.25, 0.3) is 5.91 Å². The Hall–Kier alpha value is -2.70. The number of para-hydroxylation sites is 1. The molecule has 0 aromatic heterocycles. The van der Waals surface area contributed by atoms with Crippen molar-refractivity contribution < 1.29 is 31.8 Å². The van der Waals surface area contributed by atoms with E-state index in [-0.39, 0.29) is 33.5 Å². The molecule has 0 saturated heterocycles. The number of thiocyanates is 1. The molecule has 0 aliphatic rings. The number of phenolic OH excluding ortho intramolecular Hbond substituents is 1. The van der Waals surface area contributed by atoms with E-state index in [1.165, 1.54) is 17.5 Å². The van der Waals surface area contributed by atoms with Crippen LogP contribution < -0.4 is 10.7 Å². The first-order chi connectivity index (χ1) is 12.0. The van der Waals surface area contributed by atoms with Crippen molar-refractivity contribution in [3.8, 4) is 11.2 Å². The second-order valence-corrected chi connectivity index (χ2v) is 4.88. The van der Waals surface area contributed by atoms with Crippen LogP contribution >= 0.6 is 12.2 Å². The standard InChI is InChI=1S/C15H13N3O3S.CHNS.Mn/c19-12-9-5-4-8-11(12)14(21)17-18-15(22)16-13(20)10-6-2-1-3-7-10;2-1-3;/h1-9H,(H4,16,17,18,19,20,21,22);3H;/q;;+2/p-2. The van der Waals surface area contributed by atoms with E-state index in [0.29, 0.717) is 5.56 Å².